The van der Waals surface area contributed by atoms with Gasteiger partial charge in [-0.25, -0.2) is 14.8 Å². The summed E-state index contributed by atoms with van der Waals surface area (Å²) in [5.41, 5.74) is 6.94. The summed E-state index contributed by atoms with van der Waals surface area (Å²) in [5, 5.41) is 7.15. The Morgan fingerprint density at radius 1 is 0.776 bits per heavy atom. The molecule has 5 aromatic carbocycles. The number of hydrogen-bond acceptors (Lipinski definition) is 7. The maximum Gasteiger partial charge on any atom is 0.407 e. The average molecular weight is 895 g/mol. The molecule has 7 aromatic rings. The fraction of sp³-hybridized carbons (Fsp3) is 0.436. The van der Waals surface area contributed by atoms with Gasteiger partial charge in [-0.3, -0.25) is 14.5 Å². The Kier molecular flexibility index (Phi) is 8.93. The van der Waals surface area contributed by atoms with Gasteiger partial charge >= 0.3 is 6.09 Å². The van der Waals surface area contributed by atoms with Crippen LogP contribution in [0.3, 0.4) is 0 Å². The zero-order valence-electron chi connectivity index (χ0n) is 38.9. The van der Waals surface area contributed by atoms with Crippen LogP contribution in [0.5, 0.6) is 0 Å². The van der Waals surface area contributed by atoms with Crippen LogP contribution in [0.15, 0.2) is 91.0 Å². The predicted octanol–water partition coefficient (Wildman–Crippen LogP) is 10.3. The van der Waals surface area contributed by atoms with Crippen molar-refractivity contribution in [2.45, 2.75) is 127 Å². The zero-order chi connectivity index (χ0) is 45.7. The number of nitrogens with one attached hydrogen (secondary N) is 3. The second-order valence-corrected chi connectivity index (χ2v) is 21.6. The number of ether oxygens (including phenoxy) is 1. The van der Waals surface area contributed by atoms with Gasteiger partial charge in [0.2, 0.25) is 11.8 Å². The standard InChI is InChI=1S/C55H58N8O4/c1-29(2)45(60-53(66)67-5)51(64)62-42-25-35(42)26-43(62)49-56-40-21-13-33-23-31(11-19-38(33)46(40)58-49)32-12-20-39-34(24-32)14-22-41-47(39)59-50(57-41)44-27-54(3)28-55(54,4)63(44)52(65)48(30-9-7-6-8-10-30)61-36-15-16-37(61)18-17-36/h6-14,19-24,29,35-37,42-45,48H,15-18,25-28H2,1-5H3,(H,56,58)(H,57,59)(H,60,66)/t35-,36?,37?,42-,43+,44+,45+,48?,54+,55-/m1/s1. The van der Waals surface area contributed by atoms with Gasteiger partial charge in [0.25, 0.3) is 0 Å². The number of H-pyrrole nitrogens is 2. The number of carbonyl (C=O) groups is 3. The molecule has 12 heteroatoms. The molecule has 3 N–H and O–H groups in total. The molecule has 4 saturated heterocycles. The van der Waals surface area contributed by atoms with E-state index in [1.54, 1.807) is 0 Å². The molecule has 2 saturated carbocycles. The molecule has 0 radical (unpaired) electrons. The molecule has 6 aliphatic rings. The summed E-state index contributed by atoms with van der Waals surface area (Å²) in [4.78, 5) is 66.2. The summed E-state index contributed by atoms with van der Waals surface area (Å²) in [7, 11) is 1.32. The van der Waals surface area contributed by atoms with Gasteiger partial charge in [-0.15, -0.1) is 0 Å². The van der Waals surface area contributed by atoms with Gasteiger partial charge in [-0.05, 0) is 127 Å². The van der Waals surface area contributed by atoms with Crippen molar-refractivity contribution >= 4 is 61.5 Å². The molecule has 12 nitrogen and oxygen atoms in total. The van der Waals surface area contributed by atoms with Gasteiger partial charge in [-0.1, -0.05) is 87.5 Å². The third kappa shape index (κ3) is 6.16. The minimum Gasteiger partial charge on any atom is -0.453 e. The molecule has 8 atom stereocenters. The Morgan fingerprint density at radius 3 is 2.18 bits per heavy atom. The molecule has 2 aliphatic carbocycles. The highest BCUT2D eigenvalue weighted by molar-refractivity contribution is 6.07. The van der Waals surface area contributed by atoms with Crippen LogP contribution in [0.1, 0.15) is 114 Å². The number of piperidine rings is 2. The topological polar surface area (TPSA) is 140 Å². The van der Waals surface area contributed by atoms with E-state index in [0.29, 0.717) is 18.0 Å². The minimum atomic E-state index is -0.679. The maximum absolute atomic E-state index is 15.4. The van der Waals surface area contributed by atoms with Crippen LogP contribution < -0.4 is 5.32 Å². The summed E-state index contributed by atoms with van der Waals surface area (Å²) in [5.74, 6) is 2.16. The van der Waals surface area contributed by atoms with Gasteiger partial charge in [-0.2, -0.15) is 0 Å². The van der Waals surface area contributed by atoms with Crippen LogP contribution in [0.2, 0.25) is 0 Å². The van der Waals surface area contributed by atoms with Crippen molar-refractivity contribution in [2.75, 3.05) is 7.11 Å². The Morgan fingerprint density at radius 2 is 1.46 bits per heavy atom. The third-order valence-corrected chi connectivity index (χ3v) is 17.5. The fourth-order valence-electron chi connectivity index (χ4n) is 13.6. The summed E-state index contributed by atoms with van der Waals surface area (Å²) in [6.07, 6.45) is 7.87. The number of aromatic amines is 2. The number of alkyl carbamates (subject to hydrolysis) is 1. The summed E-state index contributed by atoms with van der Waals surface area (Å²) in [6, 6.07) is 32.1. The van der Waals surface area contributed by atoms with Gasteiger partial charge < -0.3 is 29.8 Å². The zero-order valence-corrected chi connectivity index (χ0v) is 38.9. The molecular weight excluding hydrogens is 837 g/mol. The van der Waals surface area contributed by atoms with Crippen LogP contribution in [0.25, 0.3) is 54.7 Å². The number of rotatable bonds is 9. The van der Waals surface area contributed by atoms with Gasteiger partial charge in [0, 0.05) is 34.4 Å². The Hall–Kier alpha value is -6.27. The van der Waals surface area contributed by atoms with Crippen molar-refractivity contribution in [2.24, 2.45) is 17.3 Å². The van der Waals surface area contributed by atoms with Crippen molar-refractivity contribution in [1.82, 2.24) is 40.0 Å². The molecular formula is C55H58N8O4. The second kappa shape index (κ2) is 14.6. The number of methoxy groups -OCH3 is 1. The predicted molar refractivity (Wildman–Crippen MR) is 259 cm³/mol. The van der Waals surface area contributed by atoms with E-state index >= 15 is 4.79 Å². The van der Waals surface area contributed by atoms with Crippen molar-refractivity contribution in [3.8, 4) is 11.1 Å². The Balaban J connectivity index is 0.795. The highest BCUT2D eigenvalue weighted by Crippen LogP contribution is 2.71. The number of carbonyl (C=O) groups excluding carboxylic acids is 3. The Bertz CT molecular complexity index is 3180. The summed E-state index contributed by atoms with van der Waals surface area (Å²) < 4.78 is 4.86. The van der Waals surface area contributed by atoms with Gasteiger partial charge in [0.1, 0.15) is 23.7 Å². The lowest BCUT2D eigenvalue weighted by atomic mass is 9.98. The average Bonchev–Trinajstić information content (AvgIpc) is 3.76. The van der Waals surface area contributed by atoms with Crippen molar-refractivity contribution in [3.05, 3.63) is 108 Å². The lowest BCUT2D eigenvalue weighted by Gasteiger charge is -2.39. The number of amides is 3. The number of imidazole rings is 2. The van der Waals surface area contributed by atoms with Crippen LogP contribution >= 0.6 is 0 Å². The monoisotopic (exact) mass is 894 g/mol. The van der Waals surface area contributed by atoms with Crippen molar-refractivity contribution in [1.29, 1.82) is 0 Å². The molecule has 1 unspecified atom stereocenters. The highest BCUT2D eigenvalue weighted by Gasteiger charge is 2.73. The number of likely N-dealkylation sites (tertiary alicyclic amines) is 2. The third-order valence-electron chi connectivity index (χ3n) is 17.5. The molecule has 4 aliphatic heterocycles. The molecule has 2 aromatic heterocycles. The van der Waals surface area contributed by atoms with E-state index in [2.05, 4.69) is 130 Å². The van der Waals surface area contributed by atoms with E-state index in [4.69, 9.17) is 14.7 Å². The molecule has 3 amide bonds. The molecule has 342 valence electrons. The van der Waals surface area contributed by atoms with Crippen molar-refractivity contribution < 1.29 is 19.1 Å². The lowest BCUT2D eigenvalue weighted by Crippen LogP contribution is -2.52. The van der Waals surface area contributed by atoms with E-state index in [-0.39, 0.29) is 52.9 Å². The minimum absolute atomic E-state index is 0.0562. The maximum atomic E-state index is 15.4. The highest BCUT2D eigenvalue weighted by atomic mass is 16.5. The number of hydrogen-bond donors (Lipinski definition) is 3. The van der Waals surface area contributed by atoms with Crippen molar-refractivity contribution in [3.63, 3.8) is 0 Å². The fourth-order valence-corrected chi connectivity index (χ4v) is 13.6. The number of nitrogens with zero attached hydrogens (tertiary/aromatic N) is 5. The molecule has 0 spiro atoms. The first-order valence-electron chi connectivity index (χ1n) is 24.6. The SMILES string of the molecule is COC(=O)N[C@H](C(=O)N1[C@@H]2C[C@@H]2C[C@H]1c1nc2ccc3cc(-c4ccc5c(ccc6[nH]c([C@@H]7C[C@@]8(C)C[C@@]8(C)N7C(=O)C(c7ccccc7)N7C8CCC7CC8)nc65)c4)ccc3c2[nH]1)C(C)C. The van der Waals surface area contributed by atoms with E-state index in [0.717, 1.165) is 97.6 Å². The van der Waals surface area contributed by atoms with Crippen LogP contribution in [0, 0.1) is 17.3 Å². The van der Waals surface area contributed by atoms with E-state index < -0.39 is 12.1 Å². The first-order valence-corrected chi connectivity index (χ1v) is 24.6. The summed E-state index contributed by atoms with van der Waals surface area (Å²) >= 11 is 0. The normalized spacial score (nSPS) is 29.3. The van der Waals surface area contributed by atoms with Crippen LogP contribution in [-0.4, -0.2) is 89.4 Å². The van der Waals surface area contributed by atoms with Crippen LogP contribution in [0.4, 0.5) is 4.79 Å². The molecule has 67 heavy (non-hydrogen) atoms. The first kappa shape index (κ1) is 41.0. The van der Waals surface area contributed by atoms with Gasteiger partial charge in [0.15, 0.2) is 0 Å². The smallest absolute Gasteiger partial charge is 0.407 e. The number of fused-ring (bicyclic) bond motifs is 10. The molecule has 6 heterocycles. The molecule has 6 fully saturated rings. The summed E-state index contributed by atoms with van der Waals surface area (Å²) in [6.45, 7) is 8.55. The quantitative estimate of drug-likeness (QED) is 0.131. The van der Waals surface area contributed by atoms with E-state index in [1.165, 1.54) is 32.8 Å². The van der Waals surface area contributed by atoms with Crippen LogP contribution in [-0.2, 0) is 14.3 Å². The Labute approximate surface area is 389 Å². The molecule has 2 bridgehead atoms. The number of benzene rings is 5. The van der Waals surface area contributed by atoms with E-state index in [9.17, 15) is 9.59 Å². The largest absolute Gasteiger partial charge is 0.453 e. The lowest BCUT2D eigenvalue weighted by molar-refractivity contribution is -0.143. The number of aromatic nitrogens is 4. The van der Waals surface area contributed by atoms with Gasteiger partial charge in [0.05, 0.1) is 41.3 Å². The molecule has 13 rings (SSSR count). The first-order chi connectivity index (χ1) is 32.4. The second-order valence-electron chi connectivity index (χ2n) is 21.6. The van der Waals surface area contributed by atoms with E-state index in [1.807, 2.05) is 18.7 Å².